The minimum Gasteiger partial charge on any atom is -0.366 e. The first-order valence-corrected chi connectivity index (χ1v) is 6.15. The van der Waals surface area contributed by atoms with Crippen LogP contribution in [-0.4, -0.2) is 29.3 Å². The molecular weight excluding hydrogens is 224 g/mol. The number of aromatic nitrogens is 2. The van der Waals surface area contributed by atoms with Crippen LogP contribution in [-0.2, 0) is 0 Å². The van der Waals surface area contributed by atoms with Gasteiger partial charge in [-0.2, -0.15) is 0 Å². The molecule has 5 heteroatoms. The highest BCUT2D eigenvalue weighted by atomic mass is 35.5. The van der Waals surface area contributed by atoms with Gasteiger partial charge in [0.05, 0.1) is 0 Å². The minimum atomic E-state index is 0.443. The van der Waals surface area contributed by atoms with E-state index in [1.807, 2.05) is 6.07 Å². The van der Waals surface area contributed by atoms with E-state index in [1.165, 1.54) is 25.9 Å². The van der Waals surface area contributed by atoms with E-state index in [0.29, 0.717) is 11.2 Å². The van der Waals surface area contributed by atoms with E-state index in [2.05, 4.69) is 20.8 Å². The van der Waals surface area contributed by atoms with Gasteiger partial charge < -0.3 is 10.6 Å². The van der Waals surface area contributed by atoms with Gasteiger partial charge in [-0.3, -0.25) is 0 Å². The average Bonchev–Trinajstić information content (AvgIpc) is 2.81. The largest absolute Gasteiger partial charge is 0.366 e. The van der Waals surface area contributed by atoms with Gasteiger partial charge in [0.2, 0.25) is 0 Å². The van der Waals surface area contributed by atoms with Crippen LogP contribution in [0.25, 0.3) is 0 Å². The van der Waals surface area contributed by atoms with Gasteiger partial charge >= 0.3 is 0 Å². The minimum absolute atomic E-state index is 0.443. The van der Waals surface area contributed by atoms with Crippen molar-refractivity contribution in [1.82, 2.24) is 15.5 Å². The number of fused-ring (bicyclic) bond motifs is 1. The van der Waals surface area contributed by atoms with Gasteiger partial charge in [-0.25, -0.2) is 0 Å². The predicted octanol–water partition coefficient (Wildman–Crippen LogP) is 1.54. The third-order valence-electron chi connectivity index (χ3n) is 3.64. The molecule has 1 aromatic heterocycles. The van der Waals surface area contributed by atoms with Crippen LogP contribution in [0.3, 0.4) is 0 Å². The molecule has 16 heavy (non-hydrogen) atoms. The Hall–Kier alpha value is -0.870. The Kier molecular flexibility index (Phi) is 2.69. The highest BCUT2D eigenvalue weighted by Gasteiger charge is 2.37. The fourth-order valence-electron chi connectivity index (χ4n) is 2.89. The smallest absolute Gasteiger partial charge is 0.151 e. The Morgan fingerprint density at radius 2 is 1.94 bits per heavy atom. The molecule has 1 saturated carbocycles. The standard InChI is InChI=1S/C11H15ClN4/c12-10-1-2-11(16-15-10)14-9-3-7-5-13-6-8(7)4-9/h1-2,7-9,13H,3-6H2,(H,14,16)/t7-,8?,9+/m1/s1. The SMILES string of the molecule is Clc1ccc(N[C@@H]2CC3CNC[C@H]3C2)nn1. The molecule has 2 aliphatic rings. The van der Waals surface area contributed by atoms with Crippen LogP contribution in [0.2, 0.25) is 5.15 Å². The van der Waals surface area contributed by atoms with E-state index in [9.17, 15) is 0 Å². The van der Waals surface area contributed by atoms with Crippen molar-refractivity contribution in [2.24, 2.45) is 11.8 Å². The summed E-state index contributed by atoms with van der Waals surface area (Å²) in [6, 6.07) is 4.21. The maximum absolute atomic E-state index is 5.70. The molecule has 86 valence electrons. The maximum Gasteiger partial charge on any atom is 0.151 e. The molecular formula is C11H15ClN4. The highest BCUT2D eigenvalue weighted by molar-refractivity contribution is 6.29. The topological polar surface area (TPSA) is 49.8 Å². The lowest BCUT2D eigenvalue weighted by atomic mass is 10.0. The van der Waals surface area contributed by atoms with Crippen LogP contribution < -0.4 is 10.6 Å². The number of anilines is 1. The summed E-state index contributed by atoms with van der Waals surface area (Å²) in [6.07, 6.45) is 2.48. The average molecular weight is 239 g/mol. The molecule has 1 saturated heterocycles. The summed E-state index contributed by atoms with van der Waals surface area (Å²) in [6.45, 7) is 2.35. The summed E-state index contributed by atoms with van der Waals surface area (Å²) >= 11 is 5.70. The van der Waals surface area contributed by atoms with Crippen molar-refractivity contribution >= 4 is 17.4 Å². The van der Waals surface area contributed by atoms with Crippen LogP contribution in [0.4, 0.5) is 5.82 Å². The van der Waals surface area contributed by atoms with Crippen LogP contribution in [0.1, 0.15) is 12.8 Å². The zero-order valence-corrected chi connectivity index (χ0v) is 9.74. The van der Waals surface area contributed by atoms with Crippen LogP contribution in [0.15, 0.2) is 12.1 Å². The van der Waals surface area contributed by atoms with E-state index >= 15 is 0 Å². The Bertz CT molecular complexity index is 355. The van der Waals surface area contributed by atoms with Crippen molar-refractivity contribution in [3.05, 3.63) is 17.3 Å². The van der Waals surface area contributed by atoms with E-state index in [0.717, 1.165) is 17.7 Å². The molecule has 4 nitrogen and oxygen atoms in total. The fourth-order valence-corrected chi connectivity index (χ4v) is 2.99. The zero-order chi connectivity index (χ0) is 11.0. The molecule has 2 N–H and O–H groups in total. The van der Waals surface area contributed by atoms with E-state index in [4.69, 9.17) is 11.6 Å². The second-order valence-corrected chi connectivity index (χ2v) is 5.12. The second kappa shape index (κ2) is 4.18. The van der Waals surface area contributed by atoms with Crippen molar-refractivity contribution in [3.8, 4) is 0 Å². The summed E-state index contributed by atoms with van der Waals surface area (Å²) in [5, 5.41) is 15.2. The van der Waals surface area contributed by atoms with Gasteiger partial charge in [-0.1, -0.05) is 11.6 Å². The predicted molar refractivity (Wildman–Crippen MR) is 63.5 cm³/mol. The van der Waals surface area contributed by atoms with Crippen LogP contribution in [0, 0.1) is 11.8 Å². The number of nitrogens with zero attached hydrogens (tertiary/aromatic N) is 2. The van der Waals surface area contributed by atoms with E-state index < -0.39 is 0 Å². The lowest BCUT2D eigenvalue weighted by Crippen LogP contribution is -2.21. The molecule has 0 radical (unpaired) electrons. The summed E-state index contributed by atoms with van der Waals surface area (Å²) in [5.74, 6) is 2.53. The first-order chi connectivity index (χ1) is 7.81. The highest BCUT2D eigenvalue weighted by Crippen LogP contribution is 2.35. The van der Waals surface area contributed by atoms with E-state index in [1.54, 1.807) is 6.07 Å². The number of rotatable bonds is 2. The summed E-state index contributed by atoms with van der Waals surface area (Å²) < 4.78 is 0. The van der Waals surface area contributed by atoms with E-state index in [-0.39, 0.29) is 0 Å². The molecule has 3 atom stereocenters. The van der Waals surface area contributed by atoms with Crippen molar-refractivity contribution < 1.29 is 0 Å². The Morgan fingerprint density at radius 3 is 2.56 bits per heavy atom. The number of hydrogen-bond acceptors (Lipinski definition) is 4. The molecule has 1 aliphatic carbocycles. The third kappa shape index (κ3) is 1.99. The van der Waals surface area contributed by atoms with Crippen molar-refractivity contribution in [2.45, 2.75) is 18.9 Å². The molecule has 2 heterocycles. The fraction of sp³-hybridized carbons (Fsp3) is 0.636. The number of halogens is 1. The van der Waals surface area contributed by atoms with Gasteiger partial charge in [-0.15, -0.1) is 10.2 Å². The molecule has 2 fully saturated rings. The Labute approximate surface area is 99.8 Å². The van der Waals surface area contributed by atoms with Crippen LogP contribution >= 0.6 is 11.6 Å². The monoisotopic (exact) mass is 238 g/mol. The van der Waals surface area contributed by atoms with Crippen molar-refractivity contribution in [3.63, 3.8) is 0 Å². The maximum atomic E-state index is 5.70. The first kappa shape index (κ1) is 10.3. The second-order valence-electron chi connectivity index (χ2n) is 4.73. The van der Waals surface area contributed by atoms with Gasteiger partial charge in [0.25, 0.3) is 0 Å². The van der Waals surface area contributed by atoms with Gasteiger partial charge in [0.1, 0.15) is 5.82 Å². The van der Waals surface area contributed by atoms with Crippen molar-refractivity contribution in [1.29, 1.82) is 0 Å². The summed E-state index contributed by atoms with van der Waals surface area (Å²) in [5.41, 5.74) is 0. The number of nitrogens with one attached hydrogen (secondary N) is 2. The lowest BCUT2D eigenvalue weighted by Gasteiger charge is -2.13. The normalized spacial score (nSPS) is 32.7. The molecule has 0 amide bonds. The van der Waals surface area contributed by atoms with Crippen molar-refractivity contribution in [2.75, 3.05) is 18.4 Å². The van der Waals surface area contributed by atoms with Gasteiger partial charge in [-0.05, 0) is 49.9 Å². The molecule has 1 aliphatic heterocycles. The quantitative estimate of drug-likeness (QED) is 0.821. The van der Waals surface area contributed by atoms with Gasteiger partial charge in [0.15, 0.2) is 5.15 Å². The Balaban J connectivity index is 1.62. The Morgan fingerprint density at radius 1 is 1.19 bits per heavy atom. The summed E-state index contributed by atoms with van der Waals surface area (Å²) in [7, 11) is 0. The third-order valence-corrected chi connectivity index (χ3v) is 3.84. The molecule has 1 unspecified atom stereocenters. The first-order valence-electron chi connectivity index (χ1n) is 5.78. The molecule has 0 spiro atoms. The molecule has 3 rings (SSSR count). The van der Waals surface area contributed by atoms with Crippen LogP contribution in [0.5, 0.6) is 0 Å². The number of hydrogen-bond donors (Lipinski definition) is 2. The molecule has 0 bridgehead atoms. The zero-order valence-electron chi connectivity index (χ0n) is 8.99. The summed E-state index contributed by atoms with van der Waals surface area (Å²) in [4.78, 5) is 0. The lowest BCUT2D eigenvalue weighted by molar-refractivity contribution is 0.494. The van der Waals surface area contributed by atoms with Gasteiger partial charge in [0, 0.05) is 6.04 Å². The molecule has 0 aromatic carbocycles. The molecule has 1 aromatic rings.